The summed E-state index contributed by atoms with van der Waals surface area (Å²) in [5.74, 6) is -0.882. The molecule has 0 radical (unpaired) electrons. The lowest BCUT2D eigenvalue weighted by Gasteiger charge is -2.29. The second kappa shape index (κ2) is 7.55. The van der Waals surface area contributed by atoms with Crippen LogP contribution in [0.1, 0.15) is 18.4 Å². The van der Waals surface area contributed by atoms with Gasteiger partial charge in [-0.2, -0.15) is 0 Å². The van der Waals surface area contributed by atoms with Gasteiger partial charge in [0.15, 0.2) is 0 Å². The van der Waals surface area contributed by atoms with Gasteiger partial charge in [-0.1, -0.05) is 28.1 Å². The first kappa shape index (κ1) is 15.2. The molecule has 2 rings (SSSR count). The molecule has 0 aromatic heterocycles. The predicted molar refractivity (Wildman–Crippen MR) is 83.4 cm³/mol. The molecule has 1 heterocycles. The van der Waals surface area contributed by atoms with Crippen LogP contribution >= 0.6 is 15.9 Å². The van der Waals surface area contributed by atoms with Crippen molar-refractivity contribution in [2.45, 2.75) is 12.8 Å². The fraction of sp³-hybridized carbons (Fsp3) is 0.467. The van der Waals surface area contributed by atoms with Gasteiger partial charge in [-0.3, -0.25) is 9.79 Å². The van der Waals surface area contributed by atoms with Gasteiger partial charge in [0.1, 0.15) is 0 Å². The highest BCUT2D eigenvalue weighted by Gasteiger charge is 2.24. The molecule has 1 aromatic carbocycles. The second-order valence-electron chi connectivity index (χ2n) is 5.06. The SMILES string of the molecule is O=C(O)C1CCCN(CCN=Cc2ccc(Br)cc2)C1. The zero-order chi connectivity index (χ0) is 14.4. The van der Waals surface area contributed by atoms with Crippen LogP contribution in [0.2, 0.25) is 0 Å². The van der Waals surface area contributed by atoms with E-state index in [0.29, 0.717) is 13.1 Å². The molecule has 1 unspecified atom stereocenters. The van der Waals surface area contributed by atoms with Gasteiger partial charge in [-0.25, -0.2) is 0 Å². The number of carboxylic acid groups (broad SMARTS) is 1. The summed E-state index contributed by atoms with van der Waals surface area (Å²) in [5, 5.41) is 9.04. The first-order valence-electron chi connectivity index (χ1n) is 6.86. The Morgan fingerprint density at radius 3 is 2.90 bits per heavy atom. The van der Waals surface area contributed by atoms with Gasteiger partial charge < -0.3 is 10.0 Å². The highest BCUT2D eigenvalue weighted by atomic mass is 79.9. The van der Waals surface area contributed by atoms with E-state index < -0.39 is 5.97 Å². The van der Waals surface area contributed by atoms with E-state index in [1.165, 1.54) is 0 Å². The molecular formula is C15H19BrN2O2. The van der Waals surface area contributed by atoms with Crippen molar-refractivity contribution < 1.29 is 9.90 Å². The van der Waals surface area contributed by atoms with E-state index in [9.17, 15) is 4.79 Å². The molecule has 1 saturated heterocycles. The van der Waals surface area contributed by atoms with Crippen molar-refractivity contribution in [1.82, 2.24) is 4.90 Å². The molecule has 20 heavy (non-hydrogen) atoms. The lowest BCUT2D eigenvalue weighted by molar-refractivity contribution is -0.143. The number of carbonyl (C=O) groups is 1. The molecule has 1 fully saturated rings. The smallest absolute Gasteiger partial charge is 0.307 e. The molecule has 1 aliphatic heterocycles. The molecule has 108 valence electrons. The molecule has 1 N–H and O–H groups in total. The zero-order valence-electron chi connectivity index (χ0n) is 11.3. The summed E-state index contributed by atoms with van der Waals surface area (Å²) >= 11 is 3.40. The van der Waals surface area contributed by atoms with Gasteiger partial charge in [0.2, 0.25) is 0 Å². The maximum absolute atomic E-state index is 11.0. The van der Waals surface area contributed by atoms with E-state index >= 15 is 0 Å². The molecule has 0 saturated carbocycles. The Kier molecular flexibility index (Phi) is 5.73. The third kappa shape index (κ3) is 4.72. The molecule has 0 spiro atoms. The Morgan fingerprint density at radius 1 is 1.45 bits per heavy atom. The largest absolute Gasteiger partial charge is 0.481 e. The maximum atomic E-state index is 11.0. The zero-order valence-corrected chi connectivity index (χ0v) is 12.9. The number of aliphatic carboxylic acids is 1. The minimum absolute atomic E-state index is 0.209. The van der Waals surface area contributed by atoms with Crippen LogP contribution in [0, 0.1) is 5.92 Å². The lowest BCUT2D eigenvalue weighted by Crippen LogP contribution is -2.39. The summed E-state index contributed by atoms with van der Waals surface area (Å²) in [7, 11) is 0. The Balaban J connectivity index is 1.75. The quantitative estimate of drug-likeness (QED) is 0.839. The summed E-state index contributed by atoms with van der Waals surface area (Å²) in [6.45, 7) is 3.18. The number of carboxylic acids is 1. The molecule has 0 bridgehead atoms. The minimum Gasteiger partial charge on any atom is -0.481 e. The number of rotatable bonds is 5. The summed E-state index contributed by atoms with van der Waals surface area (Å²) in [5.41, 5.74) is 1.08. The number of hydrogen-bond acceptors (Lipinski definition) is 3. The van der Waals surface area contributed by atoms with E-state index in [1.807, 2.05) is 30.5 Å². The second-order valence-corrected chi connectivity index (χ2v) is 5.98. The minimum atomic E-state index is -0.673. The monoisotopic (exact) mass is 338 g/mol. The van der Waals surface area contributed by atoms with Gasteiger partial charge in [-0.05, 0) is 37.1 Å². The van der Waals surface area contributed by atoms with Gasteiger partial charge in [-0.15, -0.1) is 0 Å². The van der Waals surface area contributed by atoms with Gasteiger partial charge >= 0.3 is 5.97 Å². The fourth-order valence-electron chi connectivity index (χ4n) is 2.38. The van der Waals surface area contributed by atoms with E-state index in [-0.39, 0.29) is 5.92 Å². The van der Waals surface area contributed by atoms with Crippen LogP contribution in [0.4, 0.5) is 0 Å². The molecule has 1 aliphatic rings. The van der Waals surface area contributed by atoms with Crippen LogP contribution in [0.15, 0.2) is 33.7 Å². The summed E-state index contributed by atoms with van der Waals surface area (Å²) in [6.07, 6.45) is 3.63. The average Bonchev–Trinajstić information content (AvgIpc) is 2.46. The van der Waals surface area contributed by atoms with E-state index in [0.717, 1.165) is 36.0 Å². The van der Waals surface area contributed by atoms with Crippen LogP contribution in [-0.2, 0) is 4.79 Å². The molecule has 1 aromatic rings. The Labute approximate surface area is 127 Å². The van der Waals surface area contributed by atoms with Crippen molar-refractivity contribution >= 4 is 28.1 Å². The van der Waals surface area contributed by atoms with Crippen LogP contribution in [0.3, 0.4) is 0 Å². The molecule has 0 aliphatic carbocycles. The highest BCUT2D eigenvalue weighted by Crippen LogP contribution is 2.16. The van der Waals surface area contributed by atoms with Crippen LogP contribution < -0.4 is 0 Å². The van der Waals surface area contributed by atoms with Crippen molar-refractivity contribution in [3.05, 3.63) is 34.3 Å². The van der Waals surface area contributed by atoms with Crippen LogP contribution in [0.25, 0.3) is 0 Å². The van der Waals surface area contributed by atoms with Crippen molar-refractivity contribution in [3.8, 4) is 0 Å². The topological polar surface area (TPSA) is 52.9 Å². The van der Waals surface area contributed by atoms with Crippen molar-refractivity contribution in [2.75, 3.05) is 26.2 Å². The molecule has 4 nitrogen and oxygen atoms in total. The Morgan fingerprint density at radius 2 is 2.20 bits per heavy atom. The third-order valence-electron chi connectivity index (χ3n) is 3.51. The Bertz CT molecular complexity index is 473. The Hall–Kier alpha value is -1.20. The number of piperidine rings is 1. The maximum Gasteiger partial charge on any atom is 0.307 e. The molecular weight excluding hydrogens is 320 g/mol. The molecule has 1 atom stereocenters. The average molecular weight is 339 g/mol. The predicted octanol–water partition coefficient (Wildman–Crippen LogP) is 2.66. The summed E-state index contributed by atoms with van der Waals surface area (Å²) in [6, 6.07) is 8.00. The first-order valence-corrected chi connectivity index (χ1v) is 7.65. The number of benzene rings is 1. The number of hydrogen-bond donors (Lipinski definition) is 1. The highest BCUT2D eigenvalue weighted by molar-refractivity contribution is 9.10. The van der Waals surface area contributed by atoms with Crippen molar-refractivity contribution in [2.24, 2.45) is 10.9 Å². The molecule has 5 heteroatoms. The van der Waals surface area contributed by atoms with E-state index in [2.05, 4.69) is 25.8 Å². The normalized spacial score (nSPS) is 20.4. The fourth-order valence-corrected chi connectivity index (χ4v) is 2.64. The summed E-state index contributed by atoms with van der Waals surface area (Å²) < 4.78 is 1.06. The standard InChI is InChI=1S/C15H19BrN2O2/c16-14-5-3-12(4-6-14)10-17-7-9-18-8-1-2-13(11-18)15(19)20/h3-6,10,13H,1-2,7-9,11H2,(H,19,20). The number of nitrogens with zero attached hydrogens (tertiary/aromatic N) is 2. The number of likely N-dealkylation sites (tertiary alicyclic amines) is 1. The summed E-state index contributed by atoms with van der Waals surface area (Å²) in [4.78, 5) is 17.6. The lowest BCUT2D eigenvalue weighted by atomic mass is 9.98. The van der Waals surface area contributed by atoms with Crippen LogP contribution in [-0.4, -0.2) is 48.4 Å². The van der Waals surface area contributed by atoms with E-state index in [4.69, 9.17) is 5.11 Å². The van der Waals surface area contributed by atoms with Gasteiger partial charge in [0.25, 0.3) is 0 Å². The van der Waals surface area contributed by atoms with E-state index in [1.54, 1.807) is 0 Å². The number of aliphatic imine (C=N–C) groups is 1. The molecule has 0 amide bonds. The first-order chi connectivity index (χ1) is 9.65. The van der Waals surface area contributed by atoms with Gasteiger partial charge in [0.05, 0.1) is 12.5 Å². The van der Waals surface area contributed by atoms with Crippen molar-refractivity contribution in [1.29, 1.82) is 0 Å². The van der Waals surface area contributed by atoms with Gasteiger partial charge in [0, 0.05) is 23.8 Å². The number of halogens is 1. The van der Waals surface area contributed by atoms with Crippen LogP contribution in [0.5, 0.6) is 0 Å². The van der Waals surface area contributed by atoms with Crippen molar-refractivity contribution in [3.63, 3.8) is 0 Å². The third-order valence-corrected chi connectivity index (χ3v) is 4.04.